The molecule has 0 atom stereocenters. The SMILES string of the molecule is CCCn1cc(-c2nsc(Nc3cc(F)ccc3F)n2)c(C(F)(F)F)n1. The smallest absolute Gasteiger partial charge is 0.328 e. The van der Waals surface area contributed by atoms with Gasteiger partial charge in [0.1, 0.15) is 11.6 Å². The molecule has 2 heterocycles. The first-order valence-corrected chi connectivity index (χ1v) is 8.26. The van der Waals surface area contributed by atoms with E-state index in [4.69, 9.17) is 0 Å². The Labute approximate surface area is 148 Å². The number of alkyl halides is 3. The summed E-state index contributed by atoms with van der Waals surface area (Å²) in [6.07, 6.45) is -2.84. The summed E-state index contributed by atoms with van der Waals surface area (Å²) in [7, 11) is 0. The van der Waals surface area contributed by atoms with Gasteiger partial charge in [0.05, 0.1) is 11.3 Å². The maximum Gasteiger partial charge on any atom is 0.435 e. The first-order chi connectivity index (χ1) is 12.3. The number of aromatic nitrogens is 4. The van der Waals surface area contributed by atoms with Gasteiger partial charge in [-0.1, -0.05) is 6.92 Å². The molecule has 2 aromatic heterocycles. The summed E-state index contributed by atoms with van der Waals surface area (Å²) in [5.74, 6) is -1.59. The molecule has 0 saturated carbocycles. The van der Waals surface area contributed by atoms with E-state index in [0.717, 1.165) is 29.7 Å². The molecule has 0 amide bonds. The third-order valence-electron chi connectivity index (χ3n) is 3.32. The van der Waals surface area contributed by atoms with E-state index in [1.807, 2.05) is 6.92 Å². The zero-order valence-corrected chi connectivity index (χ0v) is 14.1. The fourth-order valence-corrected chi connectivity index (χ4v) is 2.83. The number of hydrogen-bond acceptors (Lipinski definition) is 5. The Morgan fingerprint density at radius 1 is 1.23 bits per heavy atom. The molecular weight excluding hydrogens is 377 g/mol. The lowest BCUT2D eigenvalue weighted by atomic mass is 10.2. The van der Waals surface area contributed by atoms with Crippen molar-refractivity contribution in [2.24, 2.45) is 0 Å². The normalized spacial score (nSPS) is 11.8. The lowest BCUT2D eigenvalue weighted by molar-refractivity contribution is -0.141. The van der Waals surface area contributed by atoms with E-state index in [1.165, 1.54) is 10.9 Å². The van der Waals surface area contributed by atoms with Crippen molar-refractivity contribution in [3.8, 4) is 11.4 Å². The first kappa shape index (κ1) is 18.2. The van der Waals surface area contributed by atoms with Crippen molar-refractivity contribution in [1.82, 2.24) is 19.1 Å². The van der Waals surface area contributed by atoms with E-state index in [0.29, 0.717) is 13.0 Å². The number of anilines is 2. The molecule has 0 fully saturated rings. The van der Waals surface area contributed by atoms with Crippen LogP contribution in [0, 0.1) is 11.6 Å². The Balaban J connectivity index is 1.93. The van der Waals surface area contributed by atoms with Crippen LogP contribution in [0.2, 0.25) is 0 Å². The molecule has 0 saturated heterocycles. The summed E-state index contributed by atoms with van der Waals surface area (Å²) in [5, 5.41) is 6.10. The van der Waals surface area contributed by atoms with Crippen molar-refractivity contribution in [2.75, 3.05) is 5.32 Å². The highest BCUT2D eigenvalue weighted by atomic mass is 32.1. The quantitative estimate of drug-likeness (QED) is 0.634. The zero-order valence-electron chi connectivity index (χ0n) is 13.3. The Kier molecular flexibility index (Phi) is 4.90. The third-order valence-corrected chi connectivity index (χ3v) is 3.95. The molecule has 0 radical (unpaired) electrons. The van der Waals surface area contributed by atoms with Crippen LogP contribution in [-0.4, -0.2) is 19.1 Å². The number of rotatable bonds is 5. The molecule has 0 spiro atoms. The number of nitrogens with one attached hydrogen (secondary N) is 1. The highest BCUT2D eigenvalue weighted by Gasteiger charge is 2.38. The molecule has 0 aliphatic rings. The van der Waals surface area contributed by atoms with Crippen LogP contribution < -0.4 is 5.32 Å². The maximum absolute atomic E-state index is 13.7. The van der Waals surface area contributed by atoms with Crippen molar-refractivity contribution >= 4 is 22.4 Å². The van der Waals surface area contributed by atoms with E-state index in [1.54, 1.807) is 0 Å². The van der Waals surface area contributed by atoms with Crippen LogP contribution in [0.1, 0.15) is 19.0 Å². The predicted octanol–water partition coefficient (Wildman–Crippen LogP) is 4.85. The van der Waals surface area contributed by atoms with Crippen LogP contribution in [0.25, 0.3) is 11.4 Å². The largest absolute Gasteiger partial charge is 0.435 e. The zero-order chi connectivity index (χ0) is 18.9. The fraction of sp³-hybridized carbons (Fsp3) is 0.267. The standard InChI is InChI=1S/C15H12F5N5S/c1-2-5-25-7-9(12(23-25)15(18,19)20)13-22-14(26-24-13)21-11-6-8(16)3-4-10(11)17/h3-4,6-7H,2,5H2,1H3,(H,21,22,24). The van der Waals surface area contributed by atoms with Crippen LogP contribution >= 0.6 is 11.5 Å². The lowest BCUT2D eigenvalue weighted by Crippen LogP contribution is -2.09. The molecule has 3 rings (SSSR count). The third kappa shape index (κ3) is 3.82. The van der Waals surface area contributed by atoms with Crippen LogP contribution in [0.4, 0.5) is 32.8 Å². The van der Waals surface area contributed by atoms with Crippen molar-refractivity contribution < 1.29 is 22.0 Å². The van der Waals surface area contributed by atoms with Crippen molar-refractivity contribution in [3.63, 3.8) is 0 Å². The topological polar surface area (TPSA) is 55.6 Å². The van der Waals surface area contributed by atoms with Gasteiger partial charge in [-0.05, 0) is 18.6 Å². The number of halogens is 5. The lowest BCUT2D eigenvalue weighted by Gasteiger charge is -2.04. The van der Waals surface area contributed by atoms with Crippen LogP contribution in [0.15, 0.2) is 24.4 Å². The average Bonchev–Trinajstić information content (AvgIpc) is 3.17. The highest BCUT2D eigenvalue weighted by molar-refractivity contribution is 7.09. The molecule has 5 nitrogen and oxygen atoms in total. The maximum atomic E-state index is 13.7. The van der Waals surface area contributed by atoms with Gasteiger partial charge in [-0.15, -0.1) is 0 Å². The van der Waals surface area contributed by atoms with E-state index in [2.05, 4.69) is 19.8 Å². The molecule has 26 heavy (non-hydrogen) atoms. The van der Waals surface area contributed by atoms with E-state index in [9.17, 15) is 22.0 Å². The summed E-state index contributed by atoms with van der Waals surface area (Å²) in [6, 6.07) is 2.79. The Hall–Kier alpha value is -2.56. The fourth-order valence-electron chi connectivity index (χ4n) is 2.23. The number of hydrogen-bond donors (Lipinski definition) is 1. The van der Waals surface area contributed by atoms with Gasteiger partial charge < -0.3 is 5.32 Å². The second-order valence-electron chi connectivity index (χ2n) is 5.32. The molecule has 0 bridgehead atoms. The van der Waals surface area contributed by atoms with Crippen LogP contribution in [-0.2, 0) is 12.7 Å². The molecular formula is C15H12F5N5S. The highest BCUT2D eigenvalue weighted by Crippen LogP contribution is 2.36. The molecule has 0 aliphatic heterocycles. The van der Waals surface area contributed by atoms with E-state index < -0.39 is 23.5 Å². The van der Waals surface area contributed by atoms with E-state index in [-0.39, 0.29) is 22.2 Å². The first-order valence-electron chi connectivity index (χ1n) is 7.48. The summed E-state index contributed by atoms with van der Waals surface area (Å²) >= 11 is 0.730. The van der Waals surface area contributed by atoms with Gasteiger partial charge in [0.25, 0.3) is 0 Å². The predicted molar refractivity (Wildman–Crippen MR) is 86.1 cm³/mol. The summed E-state index contributed by atoms with van der Waals surface area (Å²) in [6.45, 7) is 2.12. The minimum atomic E-state index is -4.66. The molecule has 3 aromatic rings. The molecule has 138 valence electrons. The van der Waals surface area contributed by atoms with Crippen LogP contribution in [0.5, 0.6) is 0 Å². The minimum absolute atomic E-state index is 0.0286. The summed E-state index contributed by atoms with van der Waals surface area (Å²) < 4.78 is 71.5. The summed E-state index contributed by atoms with van der Waals surface area (Å²) in [5.41, 5.74) is -1.55. The number of aryl methyl sites for hydroxylation is 1. The Bertz CT molecular complexity index is 918. The van der Waals surface area contributed by atoms with Gasteiger partial charge in [0.2, 0.25) is 5.13 Å². The molecule has 11 heteroatoms. The Morgan fingerprint density at radius 2 is 2.00 bits per heavy atom. The van der Waals surface area contributed by atoms with Crippen molar-refractivity contribution in [3.05, 3.63) is 41.7 Å². The van der Waals surface area contributed by atoms with Crippen LogP contribution in [0.3, 0.4) is 0 Å². The van der Waals surface area contributed by atoms with E-state index >= 15 is 0 Å². The Morgan fingerprint density at radius 3 is 2.69 bits per heavy atom. The van der Waals surface area contributed by atoms with Crippen molar-refractivity contribution in [2.45, 2.75) is 26.1 Å². The monoisotopic (exact) mass is 389 g/mol. The van der Waals surface area contributed by atoms with Gasteiger partial charge in [-0.2, -0.15) is 27.6 Å². The molecule has 0 aliphatic carbocycles. The second-order valence-corrected chi connectivity index (χ2v) is 6.08. The van der Waals surface area contributed by atoms with Gasteiger partial charge in [-0.25, -0.2) is 8.78 Å². The summed E-state index contributed by atoms with van der Waals surface area (Å²) in [4.78, 5) is 3.95. The molecule has 0 unspecified atom stereocenters. The second kappa shape index (κ2) is 6.98. The average molecular weight is 389 g/mol. The minimum Gasteiger partial charge on any atom is -0.328 e. The molecule has 1 N–H and O–H groups in total. The van der Waals surface area contributed by atoms with Gasteiger partial charge in [0, 0.05) is 30.3 Å². The molecule has 1 aromatic carbocycles. The van der Waals surface area contributed by atoms with Gasteiger partial charge >= 0.3 is 6.18 Å². The number of nitrogens with zero attached hydrogens (tertiary/aromatic N) is 4. The van der Waals surface area contributed by atoms with Crippen molar-refractivity contribution in [1.29, 1.82) is 0 Å². The van der Waals surface area contributed by atoms with Gasteiger partial charge in [0.15, 0.2) is 11.5 Å². The van der Waals surface area contributed by atoms with Gasteiger partial charge in [-0.3, -0.25) is 4.68 Å². The number of benzene rings is 1.